The molecule has 1 heterocycles. The molecular weight excluding hydrogens is 276 g/mol. The monoisotopic (exact) mass is 300 g/mol. The highest BCUT2D eigenvalue weighted by Crippen LogP contribution is 2.35. The molecular formula is C18H24N2S. The first kappa shape index (κ1) is 14.7. The van der Waals surface area contributed by atoms with E-state index in [0.29, 0.717) is 0 Å². The van der Waals surface area contributed by atoms with Gasteiger partial charge in [0.25, 0.3) is 0 Å². The Balaban J connectivity index is 1.77. The minimum atomic E-state index is -0.000399. The molecule has 0 amide bonds. The number of fused-ring (bicyclic) bond motifs is 1. The number of nitrogens with one attached hydrogen (secondary N) is 1. The topological polar surface area (TPSA) is 24.9 Å². The Morgan fingerprint density at radius 1 is 1.24 bits per heavy atom. The number of hydrogen-bond donors (Lipinski definition) is 1. The highest BCUT2D eigenvalue weighted by molar-refractivity contribution is 7.12. The van der Waals surface area contributed by atoms with Crippen molar-refractivity contribution in [1.82, 2.24) is 10.3 Å². The predicted molar refractivity (Wildman–Crippen MR) is 89.9 cm³/mol. The standard InChI is InChI=1S/C18H24N2S/c1-3-19-18(2,13-12-14-8-5-4-6-9-14)17-20-15-10-7-11-16(15)21-17/h4-6,8-9,19H,3,7,10-13H2,1-2H3. The molecule has 0 radical (unpaired) electrons. The highest BCUT2D eigenvalue weighted by atomic mass is 32.1. The molecule has 1 atom stereocenters. The summed E-state index contributed by atoms with van der Waals surface area (Å²) in [6.45, 7) is 5.48. The van der Waals surface area contributed by atoms with Crippen LogP contribution in [-0.4, -0.2) is 11.5 Å². The van der Waals surface area contributed by atoms with E-state index in [9.17, 15) is 0 Å². The number of aryl methyl sites for hydroxylation is 3. The van der Waals surface area contributed by atoms with Gasteiger partial charge in [-0.2, -0.15) is 0 Å². The van der Waals surface area contributed by atoms with Crippen molar-refractivity contribution in [3.8, 4) is 0 Å². The first-order chi connectivity index (χ1) is 10.2. The normalized spacial score (nSPS) is 16.7. The maximum Gasteiger partial charge on any atom is 0.113 e. The van der Waals surface area contributed by atoms with E-state index in [1.807, 2.05) is 11.3 Å². The Labute approximate surface area is 131 Å². The number of aromatic nitrogens is 1. The first-order valence-corrected chi connectivity index (χ1v) is 8.81. The zero-order valence-corrected chi connectivity index (χ0v) is 13.8. The molecule has 1 aliphatic rings. The molecule has 0 bridgehead atoms. The van der Waals surface area contributed by atoms with Crippen molar-refractivity contribution >= 4 is 11.3 Å². The summed E-state index contributed by atoms with van der Waals surface area (Å²) in [5.41, 5.74) is 2.77. The van der Waals surface area contributed by atoms with Crippen molar-refractivity contribution in [3.05, 3.63) is 51.5 Å². The largest absolute Gasteiger partial charge is 0.306 e. The fraction of sp³-hybridized carbons (Fsp3) is 0.500. The molecule has 1 aromatic carbocycles. The summed E-state index contributed by atoms with van der Waals surface area (Å²) in [5, 5.41) is 4.96. The van der Waals surface area contributed by atoms with Crippen molar-refractivity contribution in [2.24, 2.45) is 0 Å². The SMILES string of the molecule is CCNC(C)(CCc1ccccc1)c1nc2c(s1)CCC2. The van der Waals surface area contributed by atoms with Gasteiger partial charge in [0.15, 0.2) is 0 Å². The van der Waals surface area contributed by atoms with Gasteiger partial charge >= 0.3 is 0 Å². The lowest BCUT2D eigenvalue weighted by atomic mass is 9.93. The Kier molecular flexibility index (Phi) is 4.41. The van der Waals surface area contributed by atoms with Gasteiger partial charge in [0, 0.05) is 4.88 Å². The molecule has 0 aliphatic heterocycles. The maximum atomic E-state index is 4.95. The predicted octanol–water partition coefficient (Wildman–Crippen LogP) is 4.09. The third kappa shape index (κ3) is 3.19. The number of thiazole rings is 1. The van der Waals surface area contributed by atoms with E-state index in [1.165, 1.54) is 40.4 Å². The van der Waals surface area contributed by atoms with E-state index in [0.717, 1.165) is 19.4 Å². The summed E-state index contributed by atoms with van der Waals surface area (Å²) in [7, 11) is 0. The Morgan fingerprint density at radius 2 is 2.05 bits per heavy atom. The van der Waals surface area contributed by atoms with Crippen LogP contribution in [0.4, 0.5) is 0 Å². The van der Waals surface area contributed by atoms with Gasteiger partial charge < -0.3 is 5.32 Å². The number of nitrogens with zero attached hydrogens (tertiary/aromatic N) is 1. The number of hydrogen-bond acceptors (Lipinski definition) is 3. The average Bonchev–Trinajstić information content (AvgIpc) is 3.08. The zero-order valence-electron chi connectivity index (χ0n) is 13.0. The van der Waals surface area contributed by atoms with Crippen molar-refractivity contribution in [2.75, 3.05) is 6.54 Å². The third-order valence-corrected chi connectivity index (χ3v) is 5.81. The van der Waals surface area contributed by atoms with Crippen LogP contribution in [0, 0.1) is 0 Å². The number of rotatable bonds is 6. The molecule has 0 fully saturated rings. The van der Waals surface area contributed by atoms with E-state index >= 15 is 0 Å². The molecule has 3 heteroatoms. The summed E-state index contributed by atoms with van der Waals surface area (Å²) >= 11 is 1.93. The minimum absolute atomic E-state index is 0.000399. The quantitative estimate of drug-likeness (QED) is 0.869. The molecule has 2 aromatic rings. The molecule has 1 aromatic heterocycles. The van der Waals surface area contributed by atoms with Gasteiger partial charge in [-0.05, 0) is 51.1 Å². The van der Waals surface area contributed by atoms with Crippen LogP contribution in [0.5, 0.6) is 0 Å². The van der Waals surface area contributed by atoms with Crippen LogP contribution in [0.3, 0.4) is 0 Å². The lowest BCUT2D eigenvalue weighted by Gasteiger charge is -2.28. The van der Waals surface area contributed by atoms with Gasteiger partial charge in [0.2, 0.25) is 0 Å². The summed E-state index contributed by atoms with van der Waals surface area (Å²) in [4.78, 5) is 6.47. The molecule has 1 N–H and O–H groups in total. The van der Waals surface area contributed by atoms with Crippen LogP contribution in [0.1, 0.15) is 47.8 Å². The molecule has 0 spiro atoms. The Morgan fingerprint density at radius 3 is 2.76 bits per heavy atom. The average molecular weight is 300 g/mol. The van der Waals surface area contributed by atoms with Crippen molar-refractivity contribution in [2.45, 2.75) is 51.5 Å². The van der Waals surface area contributed by atoms with Crippen molar-refractivity contribution in [1.29, 1.82) is 0 Å². The summed E-state index contributed by atoms with van der Waals surface area (Å²) in [6, 6.07) is 10.8. The van der Waals surface area contributed by atoms with Crippen LogP contribution in [0.2, 0.25) is 0 Å². The lowest BCUT2D eigenvalue weighted by molar-refractivity contribution is 0.346. The number of benzene rings is 1. The van der Waals surface area contributed by atoms with Gasteiger partial charge in [0.1, 0.15) is 5.01 Å². The molecule has 112 valence electrons. The molecule has 1 aliphatic carbocycles. The van der Waals surface area contributed by atoms with E-state index in [-0.39, 0.29) is 5.54 Å². The first-order valence-electron chi connectivity index (χ1n) is 7.99. The van der Waals surface area contributed by atoms with Crippen LogP contribution in [0.15, 0.2) is 30.3 Å². The fourth-order valence-corrected chi connectivity index (χ4v) is 4.43. The molecule has 21 heavy (non-hydrogen) atoms. The van der Waals surface area contributed by atoms with E-state index in [2.05, 4.69) is 49.5 Å². The van der Waals surface area contributed by atoms with Gasteiger partial charge in [-0.1, -0.05) is 37.3 Å². The Hall–Kier alpha value is -1.19. The zero-order chi connectivity index (χ0) is 14.7. The van der Waals surface area contributed by atoms with Crippen LogP contribution >= 0.6 is 11.3 Å². The van der Waals surface area contributed by atoms with Gasteiger partial charge in [-0.25, -0.2) is 4.98 Å². The van der Waals surface area contributed by atoms with Gasteiger partial charge in [0.05, 0.1) is 11.2 Å². The Bertz CT molecular complexity index is 569. The lowest BCUT2D eigenvalue weighted by Crippen LogP contribution is -2.39. The van der Waals surface area contributed by atoms with Crippen LogP contribution in [0.25, 0.3) is 0 Å². The minimum Gasteiger partial charge on any atom is -0.306 e. The van der Waals surface area contributed by atoms with Crippen LogP contribution < -0.4 is 5.32 Å². The van der Waals surface area contributed by atoms with Crippen LogP contribution in [-0.2, 0) is 24.8 Å². The summed E-state index contributed by atoms with van der Waals surface area (Å²) in [6.07, 6.45) is 5.88. The second-order valence-electron chi connectivity index (χ2n) is 6.09. The third-order valence-electron chi connectivity index (χ3n) is 4.39. The molecule has 0 saturated carbocycles. The summed E-state index contributed by atoms with van der Waals surface area (Å²) in [5.74, 6) is 0. The molecule has 1 unspecified atom stereocenters. The molecule has 2 nitrogen and oxygen atoms in total. The highest BCUT2D eigenvalue weighted by Gasteiger charge is 2.31. The van der Waals surface area contributed by atoms with Gasteiger partial charge in [-0.15, -0.1) is 11.3 Å². The fourth-order valence-electron chi connectivity index (χ4n) is 3.13. The van der Waals surface area contributed by atoms with Crippen molar-refractivity contribution in [3.63, 3.8) is 0 Å². The van der Waals surface area contributed by atoms with Gasteiger partial charge in [-0.3, -0.25) is 0 Å². The van der Waals surface area contributed by atoms with E-state index < -0.39 is 0 Å². The smallest absolute Gasteiger partial charge is 0.113 e. The van der Waals surface area contributed by atoms with Crippen molar-refractivity contribution < 1.29 is 0 Å². The summed E-state index contributed by atoms with van der Waals surface area (Å²) < 4.78 is 0. The molecule has 0 saturated heterocycles. The maximum absolute atomic E-state index is 4.95. The molecule has 3 rings (SSSR count). The van der Waals surface area contributed by atoms with E-state index in [4.69, 9.17) is 4.98 Å². The van der Waals surface area contributed by atoms with E-state index in [1.54, 1.807) is 0 Å². The second kappa shape index (κ2) is 6.29. The second-order valence-corrected chi connectivity index (χ2v) is 7.17.